The van der Waals surface area contributed by atoms with Gasteiger partial charge in [0.25, 0.3) is 0 Å². The molecule has 0 N–H and O–H groups in total. The van der Waals surface area contributed by atoms with Crippen LogP contribution < -0.4 is 9.47 Å². The van der Waals surface area contributed by atoms with Gasteiger partial charge in [0, 0.05) is 19.8 Å². The van der Waals surface area contributed by atoms with Crippen LogP contribution in [0.25, 0.3) is 0 Å². The minimum Gasteiger partial charge on any atom is -0.468 e. The predicted molar refractivity (Wildman–Crippen MR) is 93.9 cm³/mol. The average molecular weight is 395 g/mol. The summed E-state index contributed by atoms with van der Waals surface area (Å²) in [6.07, 6.45) is 0. The third-order valence-corrected chi connectivity index (χ3v) is 4.17. The fourth-order valence-electron chi connectivity index (χ4n) is 2.00. The highest BCUT2D eigenvalue weighted by Gasteiger charge is 2.19. The number of carbonyl (C=O) groups is 1. The van der Waals surface area contributed by atoms with Gasteiger partial charge >= 0.3 is 0 Å². The number of hydrogen-bond donors (Lipinski definition) is 0. The Bertz CT molecular complexity index is 639. The van der Waals surface area contributed by atoms with Crippen molar-refractivity contribution >= 4 is 21.7 Å². The zero-order valence-corrected chi connectivity index (χ0v) is 15.1. The lowest BCUT2D eigenvalue weighted by atomic mass is 10.0. The number of rotatable bonds is 9. The maximum Gasteiger partial charge on any atom is 0.188 e. The van der Waals surface area contributed by atoms with Crippen molar-refractivity contribution in [2.75, 3.05) is 27.8 Å². The van der Waals surface area contributed by atoms with Crippen molar-refractivity contribution in [2.24, 2.45) is 0 Å². The van der Waals surface area contributed by atoms with Gasteiger partial charge in [-0.15, -0.1) is 0 Å². The third kappa shape index (κ3) is 5.06. The Hall–Kier alpha value is -1.89. The summed E-state index contributed by atoms with van der Waals surface area (Å²) in [6, 6.07) is 14.3. The number of methoxy groups -OCH3 is 2. The van der Waals surface area contributed by atoms with Crippen LogP contribution in [0.4, 0.5) is 0 Å². The molecule has 0 spiro atoms. The Morgan fingerprint density at radius 2 is 1.33 bits per heavy atom. The Morgan fingerprint density at radius 1 is 0.875 bits per heavy atom. The minimum atomic E-state index is -0.431. The predicted octanol–water partition coefficient (Wildman–Crippen LogP) is 3.97. The first kappa shape index (κ1) is 18.4. The molecule has 128 valence electrons. The molecule has 0 saturated carbocycles. The molecule has 0 bridgehead atoms. The summed E-state index contributed by atoms with van der Waals surface area (Å²) in [5, 5.41) is 0. The standard InChI is InChI=1S/C18H19BrO5/c1-21-11-23-15-7-3-13(4-8-15)17(19)18(20)14-5-9-16(10-6-14)24-12-22-2/h3-10,17H,11-12H2,1-2H3. The van der Waals surface area contributed by atoms with Crippen molar-refractivity contribution in [3.05, 3.63) is 59.7 Å². The van der Waals surface area contributed by atoms with E-state index in [1.807, 2.05) is 12.1 Å². The number of carbonyl (C=O) groups excluding carboxylic acids is 1. The first-order valence-corrected chi connectivity index (χ1v) is 8.19. The monoisotopic (exact) mass is 394 g/mol. The van der Waals surface area contributed by atoms with Gasteiger partial charge in [-0.05, 0) is 42.0 Å². The van der Waals surface area contributed by atoms with Crippen LogP contribution in [0, 0.1) is 0 Å². The number of alkyl halides is 1. The van der Waals surface area contributed by atoms with Crippen LogP contribution in [0.3, 0.4) is 0 Å². The Kier molecular flexibility index (Phi) is 7.24. The second kappa shape index (κ2) is 9.42. The molecule has 0 radical (unpaired) electrons. The third-order valence-electron chi connectivity index (χ3n) is 3.23. The Balaban J connectivity index is 2.02. The van der Waals surface area contributed by atoms with Crippen LogP contribution in [0.1, 0.15) is 20.7 Å². The van der Waals surface area contributed by atoms with Crippen LogP contribution in [0.2, 0.25) is 0 Å². The Morgan fingerprint density at radius 3 is 1.79 bits per heavy atom. The number of halogens is 1. The number of hydrogen-bond acceptors (Lipinski definition) is 5. The molecule has 0 aliphatic carbocycles. The van der Waals surface area contributed by atoms with E-state index in [1.54, 1.807) is 50.6 Å². The summed E-state index contributed by atoms with van der Waals surface area (Å²) < 4.78 is 20.3. The summed E-state index contributed by atoms with van der Waals surface area (Å²) in [7, 11) is 3.12. The highest BCUT2D eigenvalue weighted by molar-refractivity contribution is 9.09. The lowest BCUT2D eigenvalue weighted by Gasteiger charge is -2.11. The summed E-state index contributed by atoms with van der Waals surface area (Å²) in [5.74, 6) is 1.31. The number of Topliss-reactive ketones (excluding diaryl/α,β-unsaturated/α-hetero) is 1. The maximum atomic E-state index is 12.6. The number of ether oxygens (including phenoxy) is 4. The lowest BCUT2D eigenvalue weighted by Crippen LogP contribution is -2.07. The van der Waals surface area contributed by atoms with E-state index in [9.17, 15) is 4.79 Å². The van der Waals surface area contributed by atoms with Crippen molar-refractivity contribution in [2.45, 2.75) is 4.83 Å². The second-order valence-electron chi connectivity index (χ2n) is 4.92. The number of ketones is 1. The van der Waals surface area contributed by atoms with E-state index in [1.165, 1.54) is 0 Å². The van der Waals surface area contributed by atoms with E-state index in [4.69, 9.17) is 18.9 Å². The topological polar surface area (TPSA) is 54.0 Å². The SMILES string of the molecule is COCOc1ccc(C(=O)C(Br)c2ccc(OCOC)cc2)cc1. The zero-order valence-electron chi connectivity index (χ0n) is 13.5. The van der Waals surface area contributed by atoms with Crippen molar-refractivity contribution in [1.29, 1.82) is 0 Å². The van der Waals surface area contributed by atoms with E-state index in [-0.39, 0.29) is 19.4 Å². The van der Waals surface area contributed by atoms with Gasteiger partial charge in [0.1, 0.15) is 16.3 Å². The molecular formula is C18H19BrO5. The van der Waals surface area contributed by atoms with E-state index in [0.717, 1.165) is 5.56 Å². The van der Waals surface area contributed by atoms with Crippen LogP contribution in [0.15, 0.2) is 48.5 Å². The van der Waals surface area contributed by atoms with Gasteiger partial charge in [-0.2, -0.15) is 0 Å². The van der Waals surface area contributed by atoms with Gasteiger partial charge < -0.3 is 18.9 Å². The smallest absolute Gasteiger partial charge is 0.188 e. The fraction of sp³-hybridized carbons (Fsp3) is 0.278. The zero-order chi connectivity index (χ0) is 17.4. The quantitative estimate of drug-likeness (QED) is 0.365. The van der Waals surface area contributed by atoms with Gasteiger partial charge in [0.05, 0.1) is 0 Å². The second-order valence-corrected chi connectivity index (χ2v) is 5.84. The highest BCUT2D eigenvalue weighted by atomic mass is 79.9. The molecule has 2 aromatic carbocycles. The molecule has 0 fully saturated rings. The molecule has 0 amide bonds. The van der Waals surface area contributed by atoms with Crippen molar-refractivity contribution in [3.63, 3.8) is 0 Å². The normalized spacial score (nSPS) is 11.8. The van der Waals surface area contributed by atoms with E-state index in [2.05, 4.69) is 15.9 Å². The molecule has 2 rings (SSSR count). The molecule has 1 unspecified atom stereocenters. The van der Waals surface area contributed by atoms with Gasteiger partial charge in [-0.3, -0.25) is 4.79 Å². The van der Waals surface area contributed by atoms with E-state index < -0.39 is 4.83 Å². The minimum absolute atomic E-state index is 0.0288. The molecule has 0 aromatic heterocycles. The molecular weight excluding hydrogens is 376 g/mol. The summed E-state index contributed by atoms with van der Waals surface area (Å²) >= 11 is 3.46. The first-order valence-electron chi connectivity index (χ1n) is 7.27. The summed E-state index contributed by atoms with van der Waals surface area (Å²) in [6.45, 7) is 0.360. The van der Waals surface area contributed by atoms with Gasteiger partial charge in [-0.25, -0.2) is 0 Å². The van der Waals surface area contributed by atoms with Gasteiger partial charge in [-0.1, -0.05) is 28.1 Å². The van der Waals surface area contributed by atoms with Crippen molar-refractivity contribution in [3.8, 4) is 11.5 Å². The molecule has 0 aliphatic rings. The average Bonchev–Trinajstić information content (AvgIpc) is 2.64. The largest absolute Gasteiger partial charge is 0.468 e. The van der Waals surface area contributed by atoms with E-state index >= 15 is 0 Å². The fourth-order valence-corrected chi connectivity index (χ4v) is 2.57. The molecule has 0 aliphatic heterocycles. The molecule has 0 heterocycles. The highest BCUT2D eigenvalue weighted by Crippen LogP contribution is 2.29. The Labute approximate surface area is 149 Å². The molecule has 5 nitrogen and oxygen atoms in total. The molecule has 24 heavy (non-hydrogen) atoms. The van der Waals surface area contributed by atoms with Crippen LogP contribution in [0.5, 0.6) is 11.5 Å². The molecule has 0 saturated heterocycles. The molecule has 2 aromatic rings. The lowest BCUT2D eigenvalue weighted by molar-refractivity contribution is 0.0509. The van der Waals surface area contributed by atoms with E-state index in [0.29, 0.717) is 17.1 Å². The van der Waals surface area contributed by atoms with Crippen LogP contribution >= 0.6 is 15.9 Å². The van der Waals surface area contributed by atoms with Crippen LogP contribution in [-0.4, -0.2) is 33.6 Å². The summed E-state index contributed by atoms with van der Waals surface area (Å²) in [4.78, 5) is 12.1. The van der Waals surface area contributed by atoms with Gasteiger partial charge in [0.15, 0.2) is 19.4 Å². The van der Waals surface area contributed by atoms with Crippen molar-refractivity contribution in [1.82, 2.24) is 0 Å². The number of benzene rings is 2. The molecule has 6 heteroatoms. The molecule has 1 atom stereocenters. The maximum absolute atomic E-state index is 12.6. The van der Waals surface area contributed by atoms with Gasteiger partial charge in [0.2, 0.25) is 0 Å². The summed E-state index contributed by atoms with van der Waals surface area (Å²) in [5.41, 5.74) is 1.45. The van der Waals surface area contributed by atoms with Crippen LogP contribution in [-0.2, 0) is 9.47 Å². The first-order chi connectivity index (χ1) is 11.7. The van der Waals surface area contributed by atoms with Crippen molar-refractivity contribution < 1.29 is 23.7 Å².